The molecule has 1 atom stereocenters. The first kappa shape index (κ1) is 16.3. The predicted octanol–water partition coefficient (Wildman–Crippen LogP) is 3.13. The molecule has 26 heavy (non-hydrogen) atoms. The molecule has 1 unspecified atom stereocenters. The van der Waals surface area contributed by atoms with Crippen molar-refractivity contribution in [2.45, 2.75) is 26.3 Å². The number of benzene rings is 2. The lowest BCUT2D eigenvalue weighted by molar-refractivity contribution is 0.0974. The number of para-hydroxylation sites is 2. The van der Waals surface area contributed by atoms with Gasteiger partial charge in [-0.2, -0.15) is 5.10 Å². The van der Waals surface area contributed by atoms with Crippen LogP contribution in [0.25, 0.3) is 5.69 Å². The molecule has 5 heteroatoms. The van der Waals surface area contributed by atoms with Crippen molar-refractivity contribution in [1.29, 1.82) is 0 Å². The van der Waals surface area contributed by atoms with Crippen LogP contribution in [0, 0.1) is 6.92 Å². The van der Waals surface area contributed by atoms with E-state index < -0.39 is 0 Å². The second kappa shape index (κ2) is 6.26. The van der Waals surface area contributed by atoms with Gasteiger partial charge in [0.05, 0.1) is 5.69 Å². The maximum atomic E-state index is 13.2. The number of aryl methyl sites for hydroxylation is 1. The summed E-state index contributed by atoms with van der Waals surface area (Å²) < 4.78 is 1.64. The molecule has 0 bridgehead atoms. The number of aromatic nitrogens is 2. The first-order valence-electron chi connectivity index (χ1n) is 8.64. The Kier molecular flexibility index (Phi) is 3.92. The third-order valence-electron chi connectivity index (χ3n) is 4.74. The fraction of sp³-hybridized carbons (Fsp3) is 0.190. The quantitative estimate of drug-likeness (QED) is 0.717. The van der Waals surface area contributed by atoms with Crippen molar-refractivity contribution in [3.63, 3.8) is 0 Å². The number of anilines is 1. The Morgan fingerprint density at radius 3 is 2.54 bits per heavy atom. The third kappa shape index (κ3) is 2.62. The fourth-order valence-corrected chi connectivity index (χ4v) is 3.52. The summed E-state index contributed by atoms with van der Waals surface area (Å²) in [6.07, 6.45) is 0.778. The van der Waals surface area contributed by atoms with Gasteiger partial charge < -0.3 is 4.90 Å². The highest BCUT2D eigenvalue weighted by Crippen LogP contribution is 2.32. The Morgan fingerprint density at radius 1 is 1.08 bits per heavy atom. The summed E-state index contributed by atoms with van der Waals surface area (Å²) in [5.41, 5.74) is 3.07. The van der Waals surface area contributed by atoms with Crippen LogP contribution in [0.5, 0.6) is 0 Å². The van der Waals surface area contributed by atoms with Crippen molar-refractivity contribution in [1.82, 2.24) is 9.78 Å². The van der Waals surface area contributed by atoms with E-state index in [1.165, 1.54) is 6.07 Å². The summed E-state index contributed by atoms with van der Waals surface area (Å²) in [5.74, 6) is -0.350. The zero-order valence-corrected chi connectivity index (χ0v) is 14.7. The average Bonchev–Trinajstić information content (AvgIpc) is 2.97. The highest BCUT2D eigenvalue weighted by molar-refractivity contribution is 6.06. The Morgan fingerprint density at radius 2 is 1.77 bits per heavy atom. The Balaban J connectivity index is 1.81. The minimum absolute atomic E-state index is 0.00687. The number of fused-ring (bicyclic) bond motifs is 1. The Bertz CT molecular complexity index is 1040. The van der Waals surface area contributed by atoms with E-state index in [4.69, 9.17) is 0 Å². The van der Waals surface area contributed by atoms with E-state index in [0.29, 0.717) is 5.69 Å². The molecule has 4 rings (SSSR count). The molecule has 1 aliphatic heterocycles. The van der Waals surface area contributed by atoms with E-state index >= 15 is 0 Å². The van der Waals surface area contributed by atoms with Crippen LogP contribution in [0.1, 0.15) is 28.7 Å². The predicted molar refractivity (Wildman–Crippen MR) is 101 cm³/mol. The van der Waals surface area contributed by atoms with Crippen molar-refractivity contribution in [3.05, 3.63) is 87.8 Å². The number of hydrogen-bond donors (Lipinski definition) is 0. The number of hydrogen-bond acceptors (Lipinski definition) is 3. The average molecular weight is 345 g/mol. The van der Waals surface area contributed by atoms with E-state index in [0.717, 1.165) is 23.4 Å². The van der Waals surface area contributed by atoms with Crippen LogP contribution in [-0.4, -0.2) is 21.7 Å². The van der Waals surface area contributed by atoms with Gasteiger partial charge in [-0.05, 0) is 44.0 Å². The van der Waals surface area contributed by atoms with Gasteiger partial charge in [-0.15, -0.1) is 0 Å². The van der Waals surface area contributed by atoms with Gasteiger partial charge in [-0.1, -0.05) is 36.4 Å². The van der Waals surface area contributed by atoms with Gasteiger partial charge in [0.2, 0.25) is 5.43 Å². The fourth-order valence-electron chi connectivity index (χ4n) is 3.52. The summed E-state index contributed by atoms with van der Waals surface area (Å²) in [7, 11) is 0. The summed E-state index contributed by atoms with van der Waals surface area (Å²) in [6, 6.07) is 18.8. The molecular formula is C21H19N3O2. The largest absolute Gasteiger partial charge is 0.303 e. The number of carbonyl (C=O) groups excluding carboxylic acids is 1. The van der Waals surface area contributed by atoms with E-state index in [1.54, 1.807) is 9.58 Å². The molecule has 2 heterocycles. The van der Waals surface area contributed by atoms with Crippen molar-refractivity contribution >= 4 is 11.6 Å². The lowest BCUT2D eigenvalue weighted by Crippen LogP contribution is -2.39. The van der Waals surface area contributed by atoms with Crippen LogP contribution in [-0.2, 0) is 6.42 Å². The number of rotatable bonds is 2. The van der Waals surface area contributed by atoms with Crippen molar-refractivity contribution < 1.29 is 4.79 Å². The second-order valence-corrected chi connectivity index (χ2v) is 6.60. The van der Waals surface area contributed by atoms with Crippen LogP contribution in [0.2, 0.25) is 0 Å². The van der Waals surface area contributed by atoms with Gasteiger partial charge in [-0.25, -0.2) is 4.68 Å². The zero-order valence-electron chi connectivity index (χ0n) is 14.7. The van der Waals surface area contributed by atoms with Crippen molar-refractivity contribution in [3.8, 4) is 5.69 Å². The number of carbonyl (C=O) groups is 1. The van der Waals surface area contributed by atoms with Crippen molar-refractivity contribution in [2.75, 3.05) is 4.90 Å². The van der Waals surface area contributed by atoms with Gasteiger partial charge in [0.15, 0.2) is 5.69 Å². The zero-order chi connectivity index (χ0) is 18.3. The van der Waals surface area contributed by atoms with Gasteiger partial charge in [0.25, 0.3) is 5.91 Å². The first-order chi connectivity index (χ1) is 12.6. The summed E-state index contributed by atoms with van der Waals surface area (Å²) >= 11 is 0. The van der Waals surface area contributed by atoms with Crippen LogP contribution in [0.3, 0.4) is 0 Å². The SMILES string of the molecule is Cc1cc(=O)c(C(=O)N2c3ccccc3CC2C)nn1-c1ccccc1. The minimum Gasteiger partial charge on any atom is -0.303 e. The van der Waals surface area contributed by atoms with Crippen LogP contribution in [0.15, 0.2) is 65.5 Å². The Hall–Kier alpha value is -3.21. The molecule has 0 saturated carbocycles. The smallest absolute Gasteiger partial charge is 0.283 e. The van der Waals surface area contributed by atoms with E-state index in [-0.39, 0.29) is 23.1 Å². The van der Waals surface area contributed by atoms with E-state index in [1.807, 2.05) is 68.4 Å². The van der Waals surface area contributed by atoms with Gasteiger partial charge >= 0.3 is 0 Å². The molecule has 0 saturated heterocycles. The maximum absolute atomic E-state index is 13.2. The molecule has 130 valence electrons. The highest BCUT2D eigenvalue weighted by atomic mass is 16.2. The van der Waals surface area contributed by atoms with E-state index in [2.05, 4.69) is 5.10 Å². The van der Waals surface area contributed by atoms with Crippen LogP contribution in [0.4, 0.5) is 5.69 Å². The molecule has 0 N–H and O–H groups in total. The van der Waals surface area contributed by atoms with Crippen LogP contribution < -0.4 is 10.3 Å². The molecular weight excluding hydrogens is 326 g/mol. The summed E-state index contributed by atoms with van der Waals surface area (Å²) in [4.78, 5) is 27.4. The number of nitrogens with zero attached hydrogens (tertiary/aromatic N) is 3. The van der Waals surface area contributed by atoms with E-state index in [9.17, 15) is 9.59 Å². The maximum Gasteiger partial charge on any atom is 0.283 e. The third-order valence-corrected chi connectivity index (χ3v) is 4.74. The van der Waals surface area contributed by atoms with Gasteiger partial charge in [0, 0.05) is 23.5 Å². The lowest BCUT2D eigenvalue weighted by atomic mass is 10.1. The molecule has 0 fully saturated rings. The normalized spacial score (nSPS) is 15.8. The standard InChI is InChI=1S/C21H19N3O2/c1-14-12-16-8-6-7-11-18(16)23(14)21(26)20-19(25)13-15(2)24(22-20)17-9-4-3-5-10-17/h3-11,13-14H,12H2,1-2H3. The number of amides is 1. The molecule has 1 aliphatic rings. The summed E-state index contributed by atoms with van der Waals surface area (Å²) in [6.45, 7) is 3.80. The molecule has 3 aromatic rings. The Labute approximate surface area is 151 Å². The monoisotopic (exact) mass is 345 g/mol. The van der Waals surface area contributed by atoms with Gasteiger partial charge in [-0.3, -0.25) is 9.59 Å². The topological polar surface area (TPSA) is 55.2 Å². The molecule has 5 nitrogen and oxygen atoms in total. The molecule has 0 aliphatic carbocycles. The molecule has 1 amide bonds. The lowest BCUT2D eigenvalue weighted by Gasteiger charge is -2.22. The molecule has 2 aromatic carbocycles. The van der Waals surface area contributed by atoms with Gasteiger partial charge in [0.1, 0.15) is 0 Å². The molecule has 0 radical (unpaired) electrons. The summed E-state index contributed by atoms with van der Waals surface area (Å²) in [5, 5.41) is 4.41. The minimum atomic E-state index is -0.351. The molecule has 0 spiro atoms. The molecule has 1 aromatic heterocycles. The van der Waals surface area contributed by atoms with Crippen molar-refractivity contribution in [2.24, 2.45) is 0 Å². The second-order valence-electron chi connectivity index (χ2n) is 6.60. The highest BCUT2D eigenvalue weighted by Gasteiger charge is 2.33. The van der Waals surface area contributed by atoms with Crippen LogP contribution >= 0.6 is 0 Å². The first-order valence-corrected chi connectivity index (χ1v) is 8.64.